The lowest BCUT2D eigenvalue weighted by Gasteiger charge is -2.24. The van der Waals surface area contributed by atoms with Crippen LogP contribution >= 0.6 is 0 Å². The van der Waals surface area contributed by atoms with Crippen molar-refractivity contribution in [2.24, 2.45) is 0 Å². The fourth-order valence-electron chi connectivity index (χ4n) is 2.09. The molecule has 0 spiro atoms. The molecule has 0 radical (unpaired) electrons. The third kappa shape index (κ3) is 3.77. The van der Waals surface area contributed by atoms with Crippen LogP contribution in [0.15, 0.2) is 18.2 Å². The van der Waals surface area contributed by atoms with E-state index >= 15 is 0 Å². The molecule has 0 heterocycles. The van der Waals surface area contributed by atoms with Crippen LogP contribution in [0.1, 0.15) is 45.1 Å². The number of halogens is 2. The maximum atomic E-state index is 13.7. The zero-order valence-corrected chi connectivity index (χ0v) is 10.8. The molecule has 0 saturated carbocycles. The van der Waals surface area contributed by atoms with Crippen LogP contribution in [0.4, 0.5) is 8.78 Å². The highest BCUT2D eigenvalue weighted by atomic mass is 19.1. The molecular weight excluding hydrogens is 220 g/mol. The van der Waals surface area contributed by atoms with Crippen molar-refractivity contribution in [1.29, 1.82) is 0 Å². The van der Waals surface area contributed by atoms with Gasteiger partial charge < -0.3 is 5.32 Å². The van der Waals surface area contributed by atoms with Gasteiger partial charge in [0.2, 0.25) is 0 Å². The van der Waals surface area contributed by atoms with Gasteiger partial charge >= 0.3 is 0 Å². The Morgan fingerprint density at radius 3 is 2.47 bits per heavy atom. The molecule has 17 heavy (non-hydrogen) atoms. The van der Waals surface area contributed by atoms with Crippen molar-refractivity contribution in [2.45, 2.75) is 45.6 Å². The largest absolute Gasteiger partial charge is 0.313 e. The number of nitrogens with one attached hydrogen (secondary N) is 1. The predicted octanol–water partition coefficient (Wildman–Crippen LogP) is 3.85. The third-order valence-electron chi connectivity index (χ3n) is 3.15. The Bertz CT molecular complexity index is 352. The second-order valence-electron chi connectivity index (χ2n) is 4.42. The Hall–Kier alpha value is -0.960. The molecular formula is C14H21F2N. The molecule has 2 atom stereocenters. The van der Waals surface area contributed by atoms with Crippen molar-refractivity contribution in [3.05, 3.63) is 35.4 Å². The Morgan fingerprint density at radius 2 is 1.94 bits per heavy atom. The molecule has 0 aliphatic heterocycles. The lowest BCUT2D eigenvalue weighted by Crippen LogP contribution is -2.34. The first-order chi connectivity index (χ1) is 8.10. The summed E-state index contributed by atoms with van der Waals surface area (Å²) in [7, 11) is 0. The average molecular weight is 241 g/mol. The molecule has 0 fully saturated rings. The summed E-state index contributed by atoms with van der Waals surface area (Å²) in [5.74, 6) is -0.922. The Kier molecular flexibility index (Phi) is 5.56. The molecule has 96 valence electrons. The predicted molar refractivity (Wildman–Crippen MR) is 67.1 cm³/mol. The minimum Gasteiger partial charge on any atom is -0.313 e. The summed E-state index contributed by atoms with van der Waals surface area (Å²) in [6, 6.07) is 4.06. The molecule has 1 rings (SSSR count). The van der Waals surface area contributed by atoms with E-state index in [0.717, 1.165) is 25.5 Å². The van der Waals surface area contributed by atoms with Crippen molar-refractivity contribution >= 4 is 0 Å². The number of hydrogen-bond donors (Lipinski definition) is 1. The standard InChI is InChI=1S/C14H21F2N/c1-4-8-17-14(5-2)10(3)12-7-6-11(15)9-13(12)16/h6-7,9-10,14,17H,4-5,8H2,1-3H3. The van der Waals surface area contributed by atoms with Gasteiger partial charge in [0.15, 0.2) is 0 Å². The SMILES string of the molecule is CCCNC(CC)C(C)c1ccc(F)cc1F. The maximum absolute atomic E-state index is 13.7. The summed E-state index contributed by atoms with van der Waals surface area (Å²) in [6.45, 7) is 7.08. The zero-order valence-electron chi connectivity index (χ0n) is 10.8. The molecule has 0 saturated heterocycles. The Balaban J connectivity index is 2.81. The molecule has 1 aromatic carbocycles. The van der Waals surface area contributed by atoms with E-state index in [0.29, 0.717) is 5.56 Å². The number of benzene rings is 1. The molecule has 1 N–H and O–H groups in total. The fourth-order valence-corrected chi connectivity index (χ4v) is 2.09. The topological polar surface area (TPSA) is 12.0 Å². The monoisotopic (exact) mass is 241 g/mol. The van der Waals surface area contributed by atoms with Crippen LogP contribution in [0.2, 0.25) is 0 Å². The fraction of sp³-hybridized carbons (Fsp3) is 0.571. The lowest BCUT2D eigenvalue weighted by molar-refractivity contribution is 0.425. The van der Waals surface area contributed by atoms with E-state index in [4.69, 9.17) is 0 Å². The quantitative estimate of drug-likeness (QED) is 0.797. The second kappa shape index (κ2) is 6.70. The zero-order chi connectivity index (χ0) is 12.8. The molecule has 0 aliphatic rings. The normalized spacial score (nSPS) is 14.6. The van der Waals surface area contributed by atoms with E-state index in [-0.39, 0.29) is 12.0 Å². The average Bonchev–Trinajstić information content (AvgIpc) is 2.29. The van der Waals surface area contributed by atoms with Crippen molar-refractivity contribution in [1.82, 2.24) is 5.32 Å². The smallest absolute Gasteiger partial charge is 0.129 e. The van der Waals surface area contributed by atoms with Gasteiger partial charge in [0.1, 0.15) is 11.6 Å². The van der Waals surface area contributed by atoms with Crippen LogP contribution in [0.3, 0.4) is 0 Å². The van der Waals surface area contributed by atoms with Crippen LogP contribution < -0.4 is 5.32 Å². The highest BCUT2D eigenvalue weighted by Crippen LogP contribution is 2.24. The molecule has 1 aromatic rings. The molecule has 1 nitrogen and oxygen atoms in total. The summed E-state index contributed by atoms with van der Waals surface area (Å²) >= 11 is 0. The highest BCUT2D eigenvalue weighted by Gasteiger charge is 2.19. The van der Waals surface area contributed by atoms with Gasteiger partial charge in [0.05, 0.1) is 0 Å². The molecule has 0 aliphatic carbocycles. The van der Waals surface area contributed by atoms with Gasteiger partial charge in [-0.05, 0) is 36.9 Å². The van der Waals surface area contributed by atoms with Crippen LogP contribution in [-0.2, 0) is 0 Å². The molecule has 3 heteroatoms. The van der Waals surface area contributed by atoms with E-state index in [1.54, 1.807) is 6.07 Å². The van der Waals surface area contributed by atoms with Crippen molar-refractivity contribution < 1.29 is 8.78 Å². The van der Waals surface area contributed by atoms with Gasteiger partial charge in [0, 0.05) is 12.1 Å². The molecule has 0 aromatic heterocycles. The Labute approximate surface area is 102 Å². The maximum Gasteiger partial charge on any atom is 0.129 e. The Morgan fingerprint density at radius 1 is 1.24 bits per heavy atom. The second-order valence-corrected chi connectivity index (χ2v) is 4.42. The highest BCUT2D eigenvalue weighted by molar-refractivity contribution is 5.23. The summed E-state index contributed by atoms with van der Waals surface area (Å²) in [5.41, 5.74) is 0.585. The molecule has 0 bridgehead atoms. The minimum absolute atomic E-state index is 0.0483. The van der Waals surface area contributed by atoms with E-state index in [1.807, 2.05) is 6.92 Å². The molecule has 2 unspecified atom stereocenters. The van der Waals surface area contributed by atoms with Crippen LogP contribution in [0.25, 0.3) is 0 Å². The third-order valence-corrected chi connectivity index (χ3v) is 3.15. The van der Waals surface area contributed by atoms with Gasteiger partial charge in [-0.1, -0.05) is 26.8 Å². The molecule has 0 amide bonds. The van der Waals surface area contributed by atoms with E-state index in [1.165, 1.54) is 6.07 Å². The first-order valence-corrected chi connectivity index (χ1v) is 6.28. The van der Waals surface area contributed by atoms with Gasteiger partial charge in [-0.15, -0.1) is 0 Å². The number of rotatable bonds is 6. The summed E-state index contributed by atoms with van der Waals surface area (Å²) in [4.78, 5) is 0. The van der Waals surface area contributed by atoms with E-state index < -0.39 is 11.6 Å². The first kappa shape index (κ1) is 14.1. The number of hydrogen-bond acceptors (Lipinski definition) is 1. The van der Waals surface area contributed by atoms with E-state index in [9.17, 15) is 8.78 Å². The van der Waals surface area contributed by atoms with Crippen LogP contribution in [-0.4, -0.2) is 12.6 Å². The summed E-state index contributed by atoms with van der Waals surface area (Å²) in [5, 5.41) is 3.40. The minimum atomic E-state index is -0.520. The van der Waals surface area contributed by atoms with Crippen LogP contribution in [0.5, 0.6) is 0 Å². The van der Waals surface area contributed by atoms with Gasteiger partial charge in [-0.25, -0.2) is 8.78 Å². The van der Waals surface area contributed by atoms with Gasteiger partial charge in [0.25, 0.3) is 0 Å². The van der Waals surface area contributed by atoms with E-state index in [2.05, 4.69) is 19.2 Å². The summed E-state index contributed by atoms with van der Waals surface area (Å²) in [6.07, 6.45) is 1.98. The summed E-state index contributed by atoms with van der Waals surface area (Å²) < 4.78 is 26.5. The van der Waals surface area contributed by atoms with Crippen molar-refractivity contribution in [3.63, 3.8) is 0 Å². The van der Waals surface area contributed by atoms with Crippen molar-refractivity contribution in [3.8, 4) is 0 Å². The van der Waals surface area contributed by atoms with Gasteiger partial charge in [-0.3, -0.25) is 0 Å². The van der Waals surface area contributed by atoms with Crippen molar-refractivity contribution in [2.75, 3.05) is 6.54 Å². The lowest BCUT2D eigenvalue weighted by atomic mass is 9.91. The first-order valence-electron chi connectivity index (χ1n) is 6.28. The van der Waals surface area contributed by atoms with Gasteiger partial charge in [-0.2, -0.15) is 0 Å². The van der Waals surface area contributed by atoms with Crippen LogP contribution in [0, 0.1) is 11.6 Å².